The molecule has 0 aliphatic heterocycles. The van der Waals surface area contributed by atoms with Gasteiger partial charge in [0.2, 0.25) is 0 Å². The van der Waals surface area contributed by atoms with Crippen LogP contribution in [-0.2, 0) is 6.42 Å². The molecule has 0 radical (unpaired) electrons. The number of imidazole rings is 3. The number of nitrogens with zero attached hydrogens (tertiary/aromatic N) is 8. The van der Waals surface area contributed by atoms with Crippen molar-refractivity contribution >= 4 is 74.4 Å². The quantitative estimate of drug-likeness (QED) is 0.142. The van der Waals surface area contributed by atoms with Crippen molar-refractivity contribution in [1.29, 1.82) is 0 Å². The standard InChI is InChI=1S/C13H10ClN3OS.C13H10ClN3S.C10H8N2O.C7H5BrO/c14-13-16-7-11(19-13)12(18)9-1-3-10(4-2-9)17-6-5-15-8-17;14-13-16-8-12(18-13)7-10-1-3-11(4-2-10)17-6-5-15-9-17;13-7-9-1-3-10(4-2-9)12-6-5-11-8-12;8-7-3-1-6(5-9)2-4-7/h1-8,12,18H;1-6,8-9H,7H2;1-8H;1-5H. The van der Waals surface area contributed by atoms with Gasteiger partial charge in [0.1, 0.15) is 18.7 Å². The fraction of sp³-hybridized carbons (Fsp3) is 0.0465. The molecule has 5 aromatic heterocycles. The predicted molar refractivity (Wildman–Crippen MR) is 237 cm³/mol. The number of hydrogen-bond donors (Lipinski definition) is 1. The molecule has 1 unspecified atom stereocenters. The second-order valence-electron chi connectivity index (χ2n) is 12.2. The number of benzene rings is 4. The summed E-state index contributed by atoms with van der Waals surface area (Å²) in [4.78, 5) is 42.3. The lowest BCUT2D eigenvalue weighted by Crippen LogP contribution is -1.98. The Balaban J connectivity index is 0.000000137. The molecule has 0 aliphatic carbocycles. The highest BCUT2D eigenvalue weighted by Crippen LogP contribution is 2.29. The van der Waals surface area contributed by atoms with Gasteiger partial charge in [-0.1, -0.05) is 75.5 Å². The molecule has 9 aromatic rings. The first-order valence-corrected chi connectivity index (χ1v) is 20.8. The van der Waals surface area contributed by atoms with Gasteiger partial charge in [0.15, 0.2) is 8.93 Å². The van der Waals surface area contributed by atoms with Crippen LogP contribution in [-0.4, -0.2) is 56.3 Å². The van der Waals surface area contributed by atoms with Crippen LogP contribution in [0.5, 0.6) is 0 Å². The van der Waals surface area contributed by atoms with Crippen molar-refractivity contribution in [3.05, 3.63) is 211 Å². The van der Waals surface area contributed by atoms with E-state index in [1.807, 2.05) is 87.0 Å². The molecule has 1 atom stereocenters. The normalized spacial score (nSPS) is 10.8. The maximum Gasteiger partial charge on any atom is 0.183 e. The van der Waals surface area contributed by atoms with Crippen LogP contribution in [0.2, 0.25) is 8.93 Å². The number of carbonyl (C=O) groups excluding carboxylic acids is 2. The summed E-state index contributed by atoms with van der Waals surface area (Å²) in [5.41, 5.74) is 6.56. The molecule has 0 fully saturated rings. The SMILES string of the molecule is Clc1ncc(Cc2ccc(-n3ccnc3)cc2)s1.O=Cc1ccc(-n2ccnc2)cc1.O=Cc1ccc(Br)cc1.OC(c1ccc(-n2ccnc2)cc1)c1cnc(Cl)s1. The molecule has 1 N–H and O–H groups in total. The molecule has 59 heavy (non-hydrogen) atoms. The van der Waals surface area contributed by atoms with Crippen molar-refractivity contribution in [1.82, 2.24) is 38.6 Å². The molecular formula is C43H33BrCl2N8O3S2. The maximum absolute atomic E-state index is 10.4. The van der Waals surface area contributed by atoms with Crippen LogP contribution < -0.4 is 0 Å². The van der Waals surface area contributed by atoms with Crippen molar-refractivity contribution in [2.45, 2.75) is 12.5 Å². The van der Waals surface area contributed by atoms with Crippen LogP contribution in [0.3, 0.4) is 0 Å². The van der Waals surface area contributed by atoms with Gasteiger partial charge in [0.05, 0.1) is 23.9 Å². The molecular weight excluding hydrogens is 891 g/mol. The summed E-state index contributed by atoms with van der Waals surface area (Å²) in [5, 5.41) is 10.2. The van der Waals surface area contributed by atoms with Gasteiger partial charge in [0, 0.05) is 93.5 Å². The molecule has 0 saturated carbocycles. The van der Waals surface area contributed by atoms with E-state index in [-0.39, 0.29) is 0 Å². The number of aromatic nitrogens is 8. The van der Waals surface area contributed by atoms with Crippen molar-refractivity contribution in [3.8, 4) is 17.1 Å². The van der Waals surface area contributed by atoms with E-state index in [0.29, 0.717) is 20.1 Å². The van der Waals surface area contributed by atoms with E-state index < -0.39 is 6.10 Å². The fourth-order valence-corrected chi connectivity index (χ4v) is 7.48. The predicted octanol–water partition coefficient (Wildman–Crippen LogP) is 10.6. The Kier molecular flexibility index (Phi) is 15.8. The highest BCUT2D eigenvalue weighted by molar-refractivity contribution is 9.10. The number of aliphatic hydroxyl groups excluding tert-OH is 1. The number of halogens is 3. The lowest BCUT2D eigenvalue weighted by Gasteiger charge is -2.09. The molecule has 0 aliphatic rings. The van der Waals surface area contributed by atoms with Crippen LogP contribution in [0.25, 0.3) is 17.1 Å². The Morgan fingerprint density at radius 1 is 0.610 bits per heavy atom. The van der Waals surface area contributed by atoms with E-state index >= 15 is 0 Å². The van der Waals surface area contributed by atoms with E-state index in [1.165, 1.54) is 33.1 Å². The highest BCUT2D eigenvalue weighted by Gasteiger charge is 2.13. The molecule has 0 bridgehead atoms. The first kappa shape index (κ1) is 42.7. The topological polar surface area (TPSA) is 134 Å². The number of carbonyl (C=O) groups is 2. The smallest absolute Gasteiger partial charge is 0.183 e. The van der Waals surface area contributed by atoms with Gasteiger partial charge in [-0.3, -0.25) is 9.59 Å². The third-order valence-corrected chi connectivity index (χ3v) is 11.1. The van der Waals surface area contributed by atoms with E-state index in [4.69, 9.17) is 23.2 Å². The molecule has 4 aromatic carbocycles. The number of hydrogen-bond acceptors (Lipinski definition) is 10. The van der Waals surface area contributed by atoms with E-state index in [1.54, 1.807) is 68.0 Å². The Hall–Kier alpha value is -5.87. The Morgan fingerprint density at radius 2 is 1.05 bits per heavy atom. The maximum atomic E-state index is 10.4. The third-order valence-electron chi connectivity index (χ3n) is 8.26. The van der Waals surface area contributed by atoms with Crippen molar-refractivity contribution in [3.63, 3.8) is 0 Å². The molecule has 0 spiro atoms. The van der Waals surface area contributed by atoms with Gasteiger partial charge in [-0.15, -0.1) is 22.7 Å². The molecule has 11 nitrogen and oxygen atoms in total. The average molecular weight is 925 g/mol. The monoisotopic (exact) mass is 922 g/mol. The van der Waals surface area contributed by atoms with Crippen molar-refractivity contribution in [2.24, 2.45) is 0 Å². The number of rotatable bonds is 9. The summed E-state index contributed by atoms with van der Waals surface area (Å²) in [6, 6.07) is 30.5. The number of aliphatic hydroxyl groups is 1. The van der Waals surface area contributed by atoms with Crippen molar-refractivity contribution < 1.29 is 14.7 Å². The summed E-state index contributed by atoms with van der Waals surface area (Å²) in [7, 11) is 0. The van der Waals surface area contributed by atoms with E-state index in [9.17, 15) is 14.7 Å². The van der Waals surface area contributed by atoms with E-state index in [0.717, 1.165) is 51.0 Å². The zero-order valence-electron chi connectivity index (χ0n) is 30.8. The molecule has 9 rings (SSSR count). The zero-order valence-corrected chi connectivity index (χ0v) is 35.6. The molecule has 0 amide bonds. The fourth-order valence-electron chi connectivity index (χ4n) is 5.24. The van der Waals surface area contributed by atoms with Gasteiger partial charge in [-0.05, 0) is 71.8 Å². The highest BCUT2D eigenvalue weighted by atomic mass is 79.9. The number of thiazole rings is 2. The van der Waals surface area contributed by atoms with Gasteiger partial charge in [-0.2, -0.15) is 0 Å². The van der Waals surface area contributed by atoms with Crippen LogP contribution in [0.15, 0.2) is 170 Å². The Labute approximate surface area is 366 Å². The van der Waals surface area contributed by atoms with Crippen LogP contribution in [0, 0.1) is 0 Å². The minimum absolute atomic E-state index is 0.434. The average Bonchev–Trinajstić information content (AvgIpc) is 4.14. The zero-order chi connectivity index (χ0) is 41.4. The van der Waals surface area contributed by atoms with Crippen LogP contribution in [0.1, 0.15) is 47.7 Å². The van der Waals surface area contributed by atoms with Gasteiger partial charge in [0.25, 0.3) is 0 Å². The lowest BCUT2D eigenvalue weighted by molar-refractivity contribution is 0.111. The second-order valence-corrected chi connectivity index (χ2v) is 16.5. The Bertz CT molecular complexity index is 2600. The van der Waals surface area contributed by atoms with E-state index in [2.05, 4.69) is 65.1 Å². The number of aldehydes is 2. The summed E-state index contributed by atoms with van der Waals surface area (Å²) in [6.07, 6.45) is 21.4. The van der Waals surface area contributed by atoms with Gasteiger partial charge in [-0.25, -0.2) is 24.9 Å². The van der Waals surface area contributed by atoms with Crippen LogP contribution in [0.4, 0.5) is 0 Å². The summed E-state index contributed by atoms with van der Waals surface area (Å²) < 4.78 is 7.79. The molecule has 5 heterocycles. The molecule has 296 valence electrons. The summed E-state index contributed by atoms with van der Waals surface area (Å²) in [6.45, 7) is 0. The minimum Gasteiger partial charge on any atom is -0.383 e. The molecule has 0 saturated heterocycles. The van der Waals surface area contributed by atoms with Gasteiger partial charge < -0.3 is 18.8 Å². The molecule has 16 heteroatoms. The largest absolute Gasteiger partial charge is 0.383 e. The summed E-state index contributed by atoms with van der Waals surface area (Å²) in [5.74, 6) is 0. The lowest BCUT2D eigenvalue weighted by atomic mass is 10.1. The van der Waals surface area contributed by atoms with Gasteiger partial charge >= 0.3 is 0 Å². The summed E-state index contributed by atoms with van der Waals surface area (Å²) >= 11 is 17.7. The first-order chi connectivity index (χ1) is 28.8. The Morgan fingerprint density at radius 3 is 1.46 bits per heavy atom. The third kappa shape index (κ3) is 12.8. The van der Waals surface area contributed by atoms with Crippen molar-refractivity contribution in [2.75, 3.05) is 0 Å². The minimum atomic E-state index is -0.693. The first-order valence-electron chi connectivity index (χ1n) is 17.6. The second kappa shape index (κ2) is 21.8. The van der Waals surface area contributed by atoms with Crippen LogP contribution >= 0.6 is 61.8 Å².